The molecule has 3 rings (SSSR count). The van der Waals surface area contributed by atoms with Crippen LogP contribution in [0.2, 0.25) is 0 Å². The van der Waals surface area contributed by atoms with Crippen molar-refractivity contribution in [1.29, 1.82) is 0 Å². The second kappa shape index (κ2) is 8.17. The number of morpholine rings is 1. The maximum Gasteiger partial charge on any atom is 0.229 e. The summed E-state index contributed by atoms with van der Waals surface area (Å²) in [6, 6.07) is 5.15. The Bertz CT molecular complexity index is 722. The molecule has 6 nitrogen and oxygen atoms in total. The number of aromatic nitrogens is 2. The maximum absolute atomic E-state index is 13.8. The highest BCUT2D eigenvalue weighted by Gasteiger charge is 2.10. The van der Waals surface area contributed by atoms with Crippen LogP contribution in [0.15, 0.2) is 24.3 Å². The number of anilines is 3. The summed E-state index contributed by atoms with van der Waals surface area (Å²) in [6.45, 7) is 6.86. The van der Waals surface area contributed by atoms with Crippen molar-refractivity contribution in [3.05, 3.63) is 41.6 Å². The van der Waals surface area contributed by atoms with Crippen molar-refractivity contribution in [2.75, 3.05) is 50.0 Å². The zero-order chi connectivity index (χ0) is 17.6. The molecule has 2 heterocycles. The third kappa shape index (κ3) is 5.07. The van der Waals surface area contributed by atoms with Gasteiger partial charge in [0.15, 0.2) is 0 Å². The molecule has 1 saturated heterocycles. The molecule has 0 radical (unpaired) electrons. The minimum absolute atomic E-state index is 0.131. The monoisotopic (exact) mass is 349 g/mol. The number of aryl methyl sites for hydroxylation is 1. The minimum atomic E-state index is -0.688. The van der Waals surface area contributed by atoms with Gasteiger partial charge < -0.3 is 15.4 Å². The van der Waals surface area contributed by atoms with Crippen molar-refractivity contribution >= 4 is 17.5 Å². The molecule has 1 aromatic carbocycles. The summed E-state index contributed by atoms with van der Waals surface area (Å²) in [4.78, 5) is 10.9. The molecule has 1 aliphatic heterocycles. The van der Waals surface area contributed by atoms with Crippen LogP contribution in [0.25, 0.3) is 0 Å². The Morgan fingerprint density at radius 2 is 1.96 bits per heavy atom. The molecule has 25 heavy (non-hydrogen) atoms. The number of ether oxygens (including phenoxy) is 1. The van der Waals surface area contributed by atoms with Gasteiger partial charge in [-0.3, -0.25) is 4.90 Å². The van der Waals surface area contributed by atoms with Crippen molar-refractivity contribution in [2.24, 2.45) is 0 Å². The smallest absolute Gasteiger partial charge is 0.229 e. The molecular weight excluding hydrogens is 328 g/mol. The molecule has 0 aliphatic carbocycles. The van der Waals surface area contributed by atoms with Gasteiger partial charge in [-0.15, -0.1) is 0 Å². The molecule has 1 fully saturated rings. The lowest BCUT2D eigenvalue weighted by atomic mass is 10.3. The topological polar surface area (TPSA) is 62.3 Å². The standard InChI is InChI=1S/C17H21F2N5O/c1-12-10-16(20-4-5-24-6-8-25-9-7-24)23-17(21-12)22-15-3-2-13(18)11-14(15)19/h2-3,10-11H,4-9H2,1H3,(H2,20,21,22,23). The summed E-state index contributed by atoms with van der Waals surface area (Å²) in [5.41, 5.74) is 0.875. The van der Waals surface area contributed by atoms with Crippen molar-refractivity contribution < 1.29 is 13.5 Å². The Kier molecular flexibility index (Phi) is 5.72. The van der Waals surface area contributed by atoms with Gasteiger partial charge in [0.2, 0.25) is 5.95 Å². The van der Waals surface area contributed by atoms with Crippen LogP contribution in [0, 0.1) is 18.6 Å². The fourth-order valence-electron chi connectivity index (χ4n) is 2.59. The molecule has 0 saturated carbocycles. The van der Waals surface area contributed by atoms with Gasteiger partial charge in [0.1, 0.15) is 17.5 Å². The van der Waals surface area contributed by atoms with Crippen LogP contribution in [-0.4, -0.2) is 54.3 Å². The second-order valence-corrected chi connectivity index (χ2v) is 5.85. The largest absolute Gasteiger partial charge is 0.379 e. The molecular formula is C17H21F2N5O. The van der Waals surface area contributed by atoms with Gasteiger partial charge in [0.05, 0.1) is 18.9 Å². The SMILES string of the molecule is Cc1cc(NCCN2CCOCC2)nc(Nc2ccc(F)cc2F)n1. The Morgan fingerprint density at radius 1 is 1.16 bits per heavy atom. The van der Waals surface area contributed by atoms with E-state index in [0.29, 0.717) is 5.82 Å². The summed E-state index contributed by atoms with van der Waals surface area (Å²) in [5, 5.41) is 6.04. The summed E-state index contributed by atoms with van der Waals surface area (Å²) in [5.74, 6) is -0.393. The van der Waals surface area contributed by atoms with Crippen molar-refractivity contribution in [2.45, 2.75) is 6.92 Å². The molecule has 0 spiro atoms. The van der Waals surface area contributed by atoms with Crippen LogP contribution in [-0.2, 0) is 4.74 Å². The highest BCUT2D eigenvalue weighted by Crippen LogP contribution is 2.19. The van der Waals surface area contributed by atoms with Gasteiger partial charge in [-0.2, -0.15) is 4.98 Å². The molecule has 0 unspecified atom stereocenters. The second-order valence-electron chi connectivity index (χ2n) is 5.85. The third-order valence-electron chi connectivity index (χ3n) is 3.87. The summed E-state index contributed by atoms with van der Waals surface area (Å²) >= 11 is 0. The fourth-order valence-corrected chi connectivity index (χ4v) is 2.59. The Balaban J connectivity index is 1.61. The predicted octanol–water partition coefficient (Wildman–Crippen LogP) is 2.55. The van der Waals surface area contributed by atoms with Crippen LogP contribution in [0.1, 0.15) is 5.69 Å². The first-order valence-corrected chi connectivity index (χ1v) is 8.22. The zero-order valence-electron chi connectivity index (χ0n) is 14.1. The number of hydrogen-bond acceptors (Lipinski definition) is 6. The van der Waals surface area contributed by atoms with E-state index < -0.39 is 11.6 Å². The first kappa shape index (κ1) is 17.5. The van der Waals surface area contributed by atoms with E-state index in [1.165, 1.54) is 12.1 Å². The van der Waals surface area contributed by atoms with E-state index in [-0.39, 0.29) is 11.6 Å². The van der Waals surface area contributed by atoms with Gasteiger partial charge in [0, 0.05) is 44.0 Å². The highest BCUT2D eigenvalue weighted by molar-refractivity contribution is 5.56. The summed E-state index contributed by atoms with van der Waals surface area (Å²) in [6.07, 6.45) is 0. The van der Waals surface area contributed by atoms with Crippen molar-refractivity contribution in [3.63, 3.8) is 0 Å². The van der Waals surface area contributed by atoms with Gasteiger partial charge in [-0.25, -0.2) is 13.8 Å². The molecule has 2 aromatic rings. The molecule has 0 atom stereocenters. The third-order valence-corrected chi connectivity index (χ3v) is 3.87. The van der Waals surface area contributed by atoms with Gasteiger partial charge in [0.25, 0.3) is 0 Å². The van der Waals surface area contributed by atoms with E-state index in [1.807, 2.05) is 13.0 Å². The summed E-state index contributed by atoms with van der Waals surface area (Å²) in [7, 11) is 0. The molecule has 1 aliphatic rings. The Hall–Kier alpha value is -2.32. The minimum Gasteiger partial charge on any atom is -0.379 e. The first-order chi connectivity index (χ1) is 12.1. The molecule has 134 valence electrons. The van der Waals surface area contributed by atoms with Crippen LogP contribution >= 0.6 is 0 Å². The molecule has 0 bridgehead atoms. The fraction of sp³-hybridized carbons (Fsp3) is 0.412. The van der Waals surface area contributed by atoms with E-state index >= 15 is 0 Å². The predicted molar refractivity (Wildman–Crippen MR) is 92.2 cm³/mol. The average molecular weight is 349 g/mol. The highest BCUT2D eigenvalue weighted by atomic mass is 19.1. The average Bonchev–Trinajstić information content (AvgIpc) is 2.58. The number of nitrogens with one attached hydrogen (secondary N) is 2. The van der Waals surface area contributed by atoms with Gasteiger partial charge in [-0.05, 0) is 19.1 Å². The van der Waals surface area contributed by atoms with E-state index in [1.54, 1.807) is 0 Å². The maximum atomic E-state index is 13.8. The number of benzene rings is 1. The van der Waals surface area contributed by atoms with Crippen LogP contribution in [0.4, 0.5) is 26.2 Å². The lowest BCUT2D eigenvalue weighted by molar-refractivity contribution is 0.0398. The molecule has 1 aromatic heterocycles. The Morgan fingerprint density at radius 3 is 2.72 bits per heavy atom. The van der Waals surface area contributed by atoms with E-state index in [0.717, 1.165) is 51.2 Å². The number of rotatable bonds is 6. The molecule has 8 heteroatoms. The van der Waals surface area contributed by atoms with Crippen LogP contribution < -0.4 is 10.6 Å². The van der Waals surface area contributed by atoms with Crippen molar-refractivity contribution in [3.8, 4) is 0 Å². The molecule has 2 N–H and O–H groups in total. The lowest BCUT2D eigenvalue weighted by Crippen LogP contribution is -2.39. The number of hydrogen-bond donors (Lipinski definition) is 2. The quantitative estimate of drug-likeness (QED) is 0.836. The van der Waals surface area contributed by atoms with Crippen LogP contribution in [0.3, 0.4) is 0 Å². The van der Waals surface area contributed by atoms with Crippen molar-refractivity contribution in [1.82, 2.24) is 14.9 Å². The zero-order valence-corrected chi connectivity index (χ0v) is 14.1. The first-order valence-electron chi connectivity index (χ1n) is 8.22. The summed E-state index contributed by atoms with van der Waals surface area (Å²) < 4.78 is 32.1. The van der Waals surface area contributed by atoms with E-state index in [9.17, 15) is 8.78 Å². The van der Waals surface area contributed by atoms with Gasteiger partial charge in [-0.1, -0.05) is 0 Å². The normalized spacial score (nSPS) is 15.2. The van der Waals surface area contributed by atoms with E-state index in [2.05, 4.69) is 25.5 Å². The number of halogens is 2. The van der Waals surface area contributed by atoms with Crippen LogP contribution in [0.5, 0.6) is 0 Å². The van der Waals surface area contributed by atoms with Gasteiger partial charge >= 0.3 is 0 Å². The lowest BCUT2D eigenvalue weighted by Gasteiger charge is -2.26. The van der Waals surface area contributed by atoms with E-state index in [4.69, 9.17) is 4.74 Å². The number of nitrogens with zero attached hydrogens (tertiary/aromatic N) is 3. The molecule has 0 amide bonds. The Labute approximate surface area is 145 Å².